The van der Waals surface area contributed by atoms with Gasteiger partial charge in [0.2, 0.25) is 5.88 Å². The third kappa shape index (κ3) is 4.79. The Hall–Kier alpha value is -2.89. The van der Waals surface area contributed by atoms with E-state index in [1.165, 1.54) is 0 Å². The summed E-state index contributed by atoms with van der Waals surface area (Å²) in [6.07, 6.45) is 1.58. The first-order chi connectivity index (χ1) is 12.2. The molecule has 0 amide bonds. The van der Waals surface area contributed by atoms with Crippen LogP contribution in [0.1, 0.15) is 11.1 Å². The van der Waals surface area contributed by atoms with E-state index in [9.17, 15) is 5.21 Å². The summed E-state index contributed by atoms with van der Waals surface area (Å²) in [5, 5.41) is 9.98. The topological polar surface area (TPSA) is 66.7 Å². The minimum absolute atomic E-state index is 0.342. The molecule has 1 heterocycles. The fourth-order valence-electron chi connectivity index (χ4n) is 2.15. The second-order valence-electron chi connectivity index (χ2n) is 5.20. The van der Waals surface area contributed by atoms with Crippen LogP contribution >= 0.6 is 11.6 Å². The third-order valence-corrected chi connectivity index (χ3v) is 3.67. The molecule has 0 fully saturated rings. The van der Waals surface area contributed by atoms with Crippen LogP contribution in [0.4, 0.5) is 0 Å². The van der Waals surface area contributed by atoms with Crippen LogP contribution in [0.15, 0.2) is 77.9 Å². The van der Waals surface area contributed by atoms with Crippen molar-refractivity contribution in [1.82, 2.24) is 10.5 Å². The van der Waals surface area contributed by atoms with Gasteiger partial charge in [0.05, 0.1) is 6.54 Å². The SMILES string of the molecule is ONC(=NCc1ccccc1)c1ccc(Oc2ccc(Cl)cc2)nc1. The van der Waals surface area contributed by atoms with Crippen molar-refractivity contribution in [2.45, 2.75) is 6.54 Å². The number of hydrogen-bond donors (Lipinski definition) is 2. The lowest BCUT2D eigenvalue weighted by Gasteiger charge is -2.07. The average molecular weight is 354 g/mol. The number of halogens is 1. The molecule has 0 bridgehead atoms. The summed E-state index contributed by atoms with van der Waals surface area (Å²) >= 11 is 5.85. The summed E-state index contributed by atoms with van der Waals surface area (Å²) in [5.41, 5.74) is 3.82. The van der Waals surface area contributed by atoms with Gasteiger partial charge in [-0.3, -0.25) is 15.7 Å². The first-order valence-corrected chi connectivity index (χ1v) is 8.01. The van der Waals surface area contributed by atoms with Crippen LogP contribution in [0, 0.1) is 0 Å². The van der Waals surface area contributed by atoms with Crippen molar-refractivity contribution < 1.29 is 9.94 Å². The van der Waals surface area contributed by atoms with Gasteiger partial charge in [0.25, 0.3) is 0 Å². The standard InChI is InChI=1S/C19H16ClN3O2/c20-16-7-9-17(10-8-16)25-18-11-6-15(13-21-18)19(23-24)22-12-14-4-2-1-3-5-14/h1-11,13,24H,12H2,(H,22,23). The highest BCUT2D eigenvalue weighted by atomic mass is 35.5. The molecule has 3 aromatic rings. The quantitative estimate of drug-likeness (QED) is 0.404. The van der Waals surface area contributed by atoms with Gasteiger partial charge in [0.1, 0.15) is 5.75 Å². The molecule has 25 heavy (non-hydrogen) atoms. The number of hydroxylamine groups is 1. The molecule has 0 radical (unpaired) electrons. The predicted molar refractivity (Wildman–Crippen MR) is 97.4 cm³/mol. The van der Waals surface area contributed by atoms with Gasteiger partial charge in [0.15, 0.2) is 5.84 Å². The molecule has 2 N–H and O–H groups in total. The molecule has 0 saturated heterocycles. The molecule has 0 aliphatic heterocycles. The Labute approximate surface area is 150 Å². The number of benzene rings is 2. The number of rotatable bonds is 5. The molecule has 0 saturated carbocycles. The summed E-state index contributed by atoms with van der Waals surface area (Å²) in [5.74, 6) is 1.42. The Balaban J connectivity index is 1.70. The van der Waals surface area contributed by atoms with Crippen molar-refractivity contribution in [2.75, 3.05) is 0 Å². The van der Waals surface area contributed by atoms with E-state index in [1.807, 2.05) is 30.3 Å². The lowest BCUT2D eigenvalue weighted by Crippen LogP contribution is -2.20. The summed E-state index contributed by atoms with van der Waals surface area (Å²) in [4.78, 5) is 8.60. The number of aliphatic imine (C=N–C) groups is 1. The first-order valence-electron chi connectivity index (χ1n) is 7.63. The van der Waals surface area contributed by atoms with E-state index in [-0.39, 0.29) is 0 Å². The van der Waals surface area contributed by atoms with Gasteiger partial charge in [-0.05, 0) is 35.9 Å². The number of nitrogens with zero attached hydrogens (tertiary/aromatic N) is 2. The highest BCUT2D eigenvalue weighted by Crippen LogP contribution is 2.21. The molecule has 0 aliphatic carbocycles. The predicted octanol–water partition coefficient (Wildman–Crippen LogP) is 4.45. The molecule has 6 heteroatoms. The van der Waals surface area contributed by atoms with Gasteiger partial charge < -0.3 is 4.74 Å². The Morgan fingerprint density at radius 2 is 1.80 bits per heavy atom. The minimum atomic E-state index is 0.342. The van der Waals surface area contributed by atoms with Gasteiger partial charge in [-0.2, -0.15) is 0 Å². The zero-order chi connectivity index (χ0) is 17.5. The lowest BCUT2D eigenvalue weighted by atomic mass is 10.2. The van der Waals surface area contributed by atoms with Crippen molar-refractivity contribution >= 4 is 17.4 Å². The van der Waals surface area contributed by atoms with Gasteiger partial charge in [-0.15, -0.1) is 0 Å². The lowest BCUT2D eigenvalue weighted by molar-refractivity contribution is 0.234. The highest BCUT2D eigenvalue weighted by molar-refractivity contribution is 6.30. The molecule has 5 nitrogen and oxygen atoms in total. The Morgan fingerprint density at radius 1 is 1.04 bits per heavy atom. The van der Waals surface area contributed by atoms with Crippen LogP contribution in [0.2, 0.25) is 5.02 Å². The first kappa shape index (κ1) is 17.0. The van der Waals surface area contributed by atoms with E-state index >= 15 is 0 Å². The normalized spacial score (nSPS) is 11.2. The summed E-state index contributed by atoms with van der Waals surface area (Å²) < 4.78 is 5.64. The Bertz CT molecular complexity index is 835. The molecule has 1 aromatic heterocycles. The molecule has 0 spiro atoms. The second-order valence-corrected chi connectivity index (χ2v) is 5.64. The van der Waals surface area contributed by atoms with Gasteiger partial charge in [0, 0.05) is 22.8 Å². The van der Waals surface area contributed by atoms with Crippen molar-refractivity contribution in [3.05, 3.63) is 89.1 Å². The van der Waals surface area contributed by atoms with Crippen LogP contribution < -0.4 is 10.2 Å². The largest absolute Gasteiger partial charge is 0.439 e. The number of ether oxygens (including phenoxy) is 1. The summed E-state index contributed by atoms with van der Waals surface area (Å²) in [6, 6.07) is 20.3. The maximum atomic E-state index is 9.34. The molecule has 0 atom stereocenters. The highest BCUT2D eigenvalue weighted by Gasteiger charge is 2.05. The molecule has 3 rings (SSSR count). The van der Waals surface area contributed by atoms with Crippen molar-refractivity contribution in [2.24, 2.45) is 4.99 Å². The fraction of sp³-hybridized carbons (Fsp3) is 0.0526. The van der Waals surface area contributed by atoms with Crippen LogP contribution in [-0.4, -0.2) is 16.0 Å². The summed E-state index contributed by atoms with van der Waals surface area (Å²) in [7, 11) is 0. The van der Waals surface area contributed by atoms with E-state index in [1.54, 1.807) is 42.6 Å². The molecular formula is C19H16ClN3O2. The maximum Gasteiger partial charge on any atom is 0.219 e. The maximum absolute atomic E-state index is 9.34. The smallest absolute Gasteiger partial charge is 0.219 e. The van der Waals surface area contributed by atoms with E-state index in [0.29, 0.717) is 34.6 Å². The Morgan fingerprint density at radius 3 is 2.44 bits per heavy atom. The van der Waals surface area contributed by atoms with E-state index < -0.39 is 0 Å². The number of amidine groups is 1. The van der Waals surface area contributed by atoms with E-state index in [0.717, 1.165) is 5.56 Å². The molecule has 2 aromatic carbocycles. The van der Waals surface area contributed by atoms with Gasteiger partial charge >= 0.3 is 0 Å². The Kier molecular flexibility index (Phi) is 5.61. The number of aromatic nitrogens is 1. The van der Waals surface area contributed by atoms with Gasteiger partial charge in [-0.25, -0.2) is 4.98 Å². The van der Waals surface area contributed by atoms with Crippen LogP contribution in [0.3, 0.4) is 0 Å². The second kappa shape index (κ2) is 8.28. The monoisotopic (exact) mass is 353 g/mol. The van der Waals surface area contributed by atoms with Crippen molar-refractivity contribution in [3.63, 3.8) is 0 Å². The van der Waals surface area contributed by atoms with E-state index in [2.05, 4.69) is 15.5 Å². The number of pyridine rings is 1. The third-order valence-electron chi connectivity index (χ3n) is 3.41. The van der Waals surface area contributed by atoms with E-state index in [4.69, 9.17) is 16.3 Å². The number of nitrogens with one attached hydrogen (secondary N) is 1. The molecule has 0 unspecified atom stereocenters. The summed E-state index contributed by atoms with van der Waals surface area (Å²) in [6.45, 7) is 0.451. The van der Waals surface area contributed by atoms with Crippen LogP contribution in [0.5, 0.6) is 11.6 Å². The van der Waals surface area contributed by atoms with Gasteiger partial charge in [-0.1, -0.05) is 41.9 Å². The van der Waals surface area contributed by atoms with Crippen molar-refractivity contribution in [3.8, 4) is 11.6 Å². The molecule has 126 valence electrons. The number of hydrogen-bond acceptors (Lipinski definition) is 4. The minimum Gasteiger partial charge on any atom is -0.439 e. The average Bonchev–Trinajstić information content (AvgIpc) is 2.66. The fourth-order valence-corrected chi connectivity index (χ4v) is 2.28. The zero-order valence-electron chi connectivity index (χ0n) is 13.3. The van der Waals surface area contributed by atoms with Crippen molar-refractivity contribution in [1.29, 1.82) is 0 Å². The van der Waals surface area contributed by atoms with Crippen LogP contribution in [-0.2, 0) is 6.54 Å². The van der Waals surface area contributed by atoms with Crippen LogP contribution in [0.25, 0.3) is 0 Å². The zero-order valence-corrected chi connectivity index (χ0v) is 14.0. The molecular weight excluding hydrogens is 338 g/mol. The molecule has 0 aliphatic rings.